The highest BCUT2D eigenvalue weighted by Gasteiger charge is 2.36. The van der Waals surface area contributed by atoms with Crippen molar-refractivity contribution in [2.24, 2.45) is 0 Å². The zero-order valence-corrected chi connectivity index (χ0v) is 13.2. The molecule has 10 heteroatoms. The third-order valence-electron chi connectivity index (χ3n) is 3.61. The minimum atomic E-state index is -4.66. The van der Waals surface area contributed by atoms with Crippen LogP contribution in [0, 0.1) is 5.82 Å². The highest BCUT2D eigenvalue weighted by molar-refractivity contribution is 7.91. The van der Waals surface area contributed by atoms with Crippen LogP contribution < -0.4 is 0 Å². The summed E-state index contributed by atoms with van der Waals surface area (Å²) in [6.07, 6.45) is -6.02. The number of hydrogen-bond acceptors (Lipinski definition) is 4. The zero-order valence-electron chi connectivity index (χ0n) is 12.4. The van der Waals surface area contributed by atoms with Gasteiger partial charge in [0.15, 0.2) is 16.4 Å². The molecule has 0 radical (unpaired) electrons. The Kier molecular flexibility index (Phi) is 5.36. The lowest BCUT2D eigenvalue weighted by atomic mass is 10.1. The highest BCUT2D eigenvalue weighted by atomic mass is 32.2. The monoisotopic (exact) mass is 369 g/mol. The Bertz CT molecular complexity index is 705. The van der Waals surface area contributed by atoms with E-state index in [1.807, 2.05) is 0 Å². The van der Waals surface area contributed by atoms with Gasteiger partial charge >= 0.3 is 12.3 Å². The largest absolute Gasteiger partial charge is 0.440 e. The summed E-state index contributed by atoms with van der Waals surface area (Å²) in [7, 11) is -3.76. The summed E-state index contributed by atoms with van der Waals surface area (Å²) in [5.41, 5.74) is -0.0111. The van der Waals surface area contributed by atoms with Gasteiger partial charge < -0.3 is 9.64 Å². The third-order valence-corrected chi connectivity index (χ3v) is 5.72. The Hall–Kier alpha value is -1.84. The van der Waals surface area contributed by atoms with Gasteiger partial charge in [-0.15, -0.1) is 0 Å². The van der Waals surface area contributed by atoms with Gasteiger partial charge in [0, 0.05) is 18.7 Å². The van der Waals surface area contributed by atoms with Gasteiger partial charge in [-0.05, 0) is 12.5 Å². The van der Waals surface area contributed by atoms with Crippen LogP contribution in [0.2, 0.25) is 0 Å². The quantitative estimate of drug-likeness (QED) is 0.752. The van der Waals surface area contributed by atoms with Crippen molar-refractivity contribution in [3.05, 3.63) is 35.6 Å². The minimum Gasteiger partial charge on any atom is -0.440 e. The van der Waals surface area contributed by atoms with Crippen LogP contribution in [0.3, 0.4) is 0 Å². The van der Waals surface area contributed by atoms with E-state index in [-0.39, 0.29) is 25.1 Å². The molecule has 134 valence electrons. The average molecular weight is 369 g/mol. The van der Waals surface area contributed by atoms with Crippen LogP contribution in [0.1, 0.15) is 17.2 Å². The van der Waals surface area contributed by atoms with Crippen molar-refractivity contribution in [3.63, 3.8) is 0 Å². The Morgan fingerprint density at radius 1 is 1.25 bits per heavy atom. The molecule has 1 fully saturated rings. The number of nitrogens with zero attached hydrogens (tertiary/aromatic N) is 1. The lowest BCUT2D eigenvalue weighted by molar-refractivity contribution is -0.162. The summed E-state index contributed by atoms with van der Waals surface area (Å²) in [5, 5.41) is -1.15. The zero-order chi connectivity index (χ0) is 18.0. The fourth-order valence-electron chi connectivity index (χ4n) is 2.45. The second-order valence-corrected chi connectivity index (χ2v) is 7.63. The van der Waals surface area contributed by atoms with Gasteiger partial charge in [0.2, 0.25) is 0 Å². The molecule has 1 aromatic carbocycles. The predicted molar refractivity (Wildman–Crippen MR) is 76.5 cm³/mol. The standard InChI is InChI=1S/C14H15F4NO4S/c15-11-4-2-1-3-10(11)12-5-6-19(7-8-24(12,21)22)13(20)23-9-14(16,17)18/h1-4,12H,5-9H2/t12-/m1/s1. The van der Waals surface area contributed by atoms with E-state index in [9.17, 15) is 30.8 Å². The number of carbonyl (C=O) groups is 1. The second-order valence-electron chi connectivity index (χ2n) is 5.32. The molecule has 1 amide bonds. The third kappa shape index (κ3) is 4.59. The first kappa shape index (κ1) is 18.5. The molecule has 0 aromatic heterocycles. The maximum absolute atomic E-state index is 13.9. The number of benzene rings is 1. The number of carbonyl (C=O) groups excluding carboxylic acids is 1. The molecule has 1 saturated heterocycles. The maximum Gasteiger partial charge on any atom is 0.422 e. The molecule has 0 N–H and O–H groups in total. The highest BCUT2D eigenvalue weighted by Crippen LogP contribution is 2.31. The summed E-state index contributed by atoms with van der Waals surface area (Å²) < 4.78 is 78.9. The Morgan fingerprint density at radius 2 is 1.92 bits per heavy atom. The second kappa shape index (κ2) is 6.96. The van der Waals surface area contributed by atoms with E-state index >= 15 is 0 Å². The summed E-state index contributed by atoms with van der Waals surface area (Å²) in [6.45, 7) is -2.19. The van der Waals surface area contributed by atoms with Crippen molar-refractivity contribution >= 4 is 15.9 Å². The Morgan fingerprint density at radius 3 is 2.54 bits per heavy atom. The predicted octanol–water partition coefficient (Wildman–Crippen LogP) is 2.69. The molecular weight excluding hydrogens is 354 g/mol. The van der Waals surface area contributed by atoms with Crippen LogP contribution in [0.15, 0.2) is 24.3 Å². The topological polar surface area (TPSA) is 63.7 Å². The van der Waals surface area contributed by atoms with Gasteiger partial charge in [-0.3, -0.25) is 0 Å². The molecule has 1 aliphatic heterocycles. The van der Waals surface area contributed by atoms with Crippen molar-refractivity contribution in [2.75, 3.05) is 25.4 Å². The molecule has 2 rings (SSSR count). The summed E-state index contributed by atoms with van der Waals surface area (Å²) in [4.78, 5) is 12.5. The summed E-state index contributed by atoms with van der Waals surface area (Å²) >= 11 is 0. The first-order valence-electron chi connectivity index (χ1n) is 7.04. The number of halogens is 4. The SMILES string of the molecule is O=C(OCC(F)(F)F)N1CC[C@H](c2ccccc2F)S(=O)(=O)CC1. The lowest BCUT2D eigenvalue weighted by Gasteiger charge is -2.20. The number of rotatable bonds is 2. The van der Waals surface area contributed by atoms with E-state index in [1.54, 1.807) is 0 Å². The van der Waals surface area contributed by atoms with Crippen molar-refractivity contribution in [1.29, 1.82) is 0 Å². The van der Waals surface area contributed by atoms with E-state index < -0.39 is 45.5 Å². The smallest absolute Gasteiger partial charge is 0.422 e. The van der Waals surface area contributed by atoms with Gasteiger partial charge in [0.25, 0.3) is 0 Å². The van der Waals surface area contributed by atoms with Gasteiger partial charge in [0.1, 0.15) is 5.82 Å². The number of sulfone groups is 1. The maximum atomic E-state index is 13.9. The number of hydrogen-bond donors (Lipinski definition) is 0. The van der Waals surface area contributed by atoms with Gasteiger partial charge in [-0.2, -0.15) is 13.2 Å². The van der Waals surface area contributed by atoms with Gasteiger partial charge in [-0.25, -0.2) is 17.6 Å². The van der Waals surface area contributed by atoms with Crippen molar-refractivity contribution in [3.8, 4) is 0 Å². The molecule has 0 bridgehead atoms. The summed E-state index contributed by atoms with van der Waals surface area (Å²) in [6, 6.07) is 5.39. The van der Waals surface area contributed by atoms with E-state index in [0.717, 1.165) is 11.0 Å². The number of amides is 1. The molecule has 1 atom stereocenters. The van der Waals surface area contributed by atoms with Crippen molar-refractivity contribution in [2.45, 2.75) is 17.8 Å². The van der Waals surface area contributed by atoms with E-state index in [2.05, 4.69) is 4.74 Å². The first-order valence-corrected chi connectivity index (χ1v) is 8.76. The lowest BCUT2D eigenvalue weighted by Crippen LogP contribution is -2.36. The molecule has 0 spiro atoms. The molecule has 0 unspecified atom stereocenters. The van der Waals surface area contributed by atoms with Crippen LogP contribution in [-0.2, 0) is 14.6 Å². The number of ether oxygens (including phenoxy) is 1. The Balaban J connectivity index is 2.12. The molecule has 0 aliphatic carbocycles. The van der Waals surface area contributed by atoms with E-state index in [0.29, 0.717) is 0 Å². The minimum absolute atomic E-state index is 0.0111. The van der Waals surface area contributed by atoms with Gasteiger partial charge in [-0.1, -0.05) is 18.2 Å². The normalized spacial score (nSPS) is 21.2. The molecule has 5 nitrogen and oxygen atoms in total. The van der Waals surface area contributed by atoms with Crippen LogP contribution in [-0.4, -0.2) is 51.0 Å². The van der Waals surface area contributed by atoms with Crippen molar-refractivity contribution in [1.82, 2.24) is 4.90 Å². The molecule has 1 aliphatic rings. The summed E-state index contributed by atoms with van der Waals surface area (Å²) in [5.74, 6) is -1.16. The van der Waals surface area contributed by atoms with E-state index in [4.69, 9.17) is 0 Å². The first-order chi connectivity index (χ1) is 11.1. The molecule has 0 saturated carbocycles. The molecule has 1 heterocycles. The van der Waals surface area contributed by atoms with Crippen LogP contribution in [0.5, 0.6) is 0 Å². The van der Waals surface area contributed by atoms with Crippen LogP contribution in [0.4, 0.5) is 22.4 Å². The average Bonchev–Trinajstić information content (AvgIpc) is 2.63. The number of alkyl halides is 3. The molecular formula is C14H15F4NO4S. The molecule has 24 heavy (non-hydrogen) atoms. The van der Waals surface area contributed by atoms with Gasteiger partial charge in [0.05, 0.1) is 11.0 Å². The van der Waals surface area contributed by atoms with Crippen LogP contribution >= 0.6 is 0 Å². The van der Waals surface area contributed by atoms with Crippen LogP contribution in [0.25, 0.3) is 0 Å². The fourth-order valence-corrected chi connectivity index (χ4v) is 4.25. The Labute approximate surface area is 136 Å². The van der Waals surface area contributed by atoms with Crippen molar-refractivity contribution < 1.29 is 35.5 Å². The fraction of sp³-hybridized carbons (Fsp3) is 0.500. The molecule has 1 aromatic rings. The van der Waals surface area contributed by atoms with E-state index in [1.165, 1.54) is 18.2 Å².